The van der Waals surface area contributed by atoms with Gasteiger partial charge in [-0.15, -0.1) is 0 Å². The van der Waals surface area contributed by atoms with Crippen molar-refractivity contribution in [1.29, 1.82) is 0 Å². The number of aliphatic hydroxyl groups is 1. The molecule has 0 aromatic heterocycles. The highest BCUT2D eigenvalue weighted by Crippen LogP contribution is 2.57. The van der Waals surface area contributed by atoms with Crippen LogP contribution in [0.25, 0.3) is 0 Å². The average Bonchev–Trinajstić information content (AvgIpc) is 3.14. The molecule has 7 nitrogen and oxygen atoms in total. The molecule has 2 aromatic carbocycles. The zero-order valence-corrected chi connectivity index (χ0v) is 12.7. The monoisotopic (exact) mass is 330 g/mol. The molecule has 0 fully saturated rings. The number of benzene rings is 2. The largest absolute Gasteiger partial charge is 0.504 e. The summed E-state index contributed by atoms with van der Waals surface area (Å²) in [6, 6.07) is 6.52. The number of rotatable bonds is 1. The first-order valence-electron chi connectivity index (χ1n) is 7.47. The van der Waals surface area contributed by atoms with Crippen LogP contribution < -0.4 is 23.7 Å². The SMILES string of the molecule is COc1cc2c(cc1O)OCC1(O)c3cc4c(cc3OC21)OCO4. The zero-order chi connectivity index (χ0) is 16.5. The van der Waals surface area contributed by atoms with Crippen LogP contribution in [0.1, 0.15) is 17.2 Å². The molecular formula is C17H14O7. The highest BCUT2D eigenvalue weighted by molar-refractivity contribution is 5.60. The summed E-state index contributed by atoms with van der Waals surface area (Å²) < 4.78 is 27.6. The molecule has 0 saturated heterocycles. The number of hydrogen-bond donors (Lipinski definition) is 2. The predicted octanol–water partition coefficient (Wildman–Crippen LogP) is 1.84. The Balaban J connectivity index is 1.66. The number of fused-ring (bicyclic) bond motifs is 6. The van der Waals surface area contributed by atoms with Gasteiger partial charge in [-0.3, -0.25) is 0 Å². The first-order valence-corrected chi connectivity index (χ1v) is 7.47. The molecule has 3 heterocycles. The average molecular weight is 330 g/mol. The van der Waals surface area contributed by atoms with E-state index < -0.39 is 11.7 Å². The highest BCUT2D eigenvalue weighted by Gasteiger charge is 2.54. The van der Waals surface area contributed by atoms with Gasteiger partial charge >= 0.3 is 0 Å². The molecule has 24 heavy (non-hydrogen) atoms. The van der Waals surface area contributed by atoms with E-state index in [-0.39, 0.29) is 24.9 Å². The summed E-state index contributed by atoms with van der Waals surface area (Å²) in [6.45, 7) is 0.152. The van der Waals surface area contributed by atoms with E-state index in [4.69, 9.17) is 23.7 Å². The van der Waals surface area contributed by atoms with E-state index >= 15 is 0 Å². The first kappa shape index (κ1) is 13.6. The third-order valence-corrected chi connectivity index (χ3v) is 4.66. The van der Waals surface area contributed by atoms with E-state index in [9.17, 15) is 10.2 Å². The van der Waals surface area contributed by atoms with E-state index in [0.717, 1.165) is 0 Å². The summed E-state index contributed by atoms with van der Waals surface area (Å²) in [4.78, 5) is 0. The van der Waals surface area contributed by atoms with E-state index in [1.807, 2.05) is 0 Å². The fourth-order valence-electron chi connectivity index (χ4n) is 3.45. The van der Waals surface area contributed by atoms with Crippen LogP contribution >= 0.6 is 0 Å². The molecule has 2 aromatic rings. The molecular weight excluding hydrogens is 316 g/mol. The number of hydrogen-bond acceptors (Lipinski definition) is 7. The van der Waals surface area contributed by atoms with Crippen LogP contribution in [0.3, 0.4) is 0 Å². The Kier molecular flexibility index (Phi) is 2.49. The van der Waals surface area contributed by atoms with Gasteiger partial charge in [0.25, 0.3) is 0 Å². The van der Waals surface area contributed by atoms with Crippen molar-refractivity contribution in [1.82, 2.24) is 0 Å². The summed E-state index contributed by atoms with van der Waals surface area (Å²) >= 11 is 0. The lowest BCUT2D eigenvalue weighted by atomic mass is 9.84. The van der Waals surface area contributed by atoms with Gasteiger partial charge in [0.1, 0.15) is 18.1 Å². The number of methoxy groups -OCH3 is 1. The highest BCUT2D eigenvalue weighted by atomic mass is 16.7. The maximum absolute atomic E-state index is 11.2. The molecule has 7 heteroatoms. The molecule has 0 aliphatic carbocycles. The van der Waals surface area contributed by atoms with Gasteiger partial charge in [-0.05, 0) is 12.1 Å². The number of ether oxygens (including phenoxy) is 5. The molecule has 5 rings (SSSR count). The fourth-order valence-corrected chi connectivity index (χ4v) is 3.45. The van der Waals surface area contributed by atoms with Gasteiger partial charge in [-0.1, -0.05) is 0 Å². The molecule has 3 aliphatic rings. The molecule has 124 valence electrons. The minimum Gasteiger partial charge on any atom is -0.504 e. The minimum absolute atomic E-state index is 0.00305. The smallest absolute Gasteiger partial charge is 0.231 e. The molecule has 2 N–H and O–H groups in total. The van der Waals surface area contributed by atoms with Crippen molar-refractivity contribution in [3.63, 3.8) is 0 Å². The summed E-state index contributed by atoms with van der Waals surface area (Å²) in [5.41, 5.74) is -0.156. The number of phenols is 1. The molecule has 0 bridgehead atoms. The van der Waals surface area contributed by atoms with Crippen LogP contribution in [-0.2, 0) is 5.60 Å². The van der Waals surface area contributed by atoms with Gasteiger partial charge in [0, 0.05) is 23.3 Å². The Morgan fingerprint density at radius 3 is 2.62 bits per heavy atom. The quantitative estimate of drug-likeness (QED) is 0.825. The second-order valence-corrected chi connectivity index (χ2v) is 5.97. The van der Waals surface area contributed by atoms with Crippen molar-refractivity contribution >= 4 is 0 Å². The van der Waals surface area contributed by atoms with Crippen molar-refractivity contribution in [2.24, 2.45) is 0 Å². The van der Waals surface area contributed by atoms with Crippen LogP contribution in [0.4, 0.5) is 0 Å². The van der Waals surface area contributed by atoms with E-state index in [2.05, 4.69) is 0 Å². The van der Waals surface area contributed by atoms with Gasteiger partial charge in [-0.25, -0.2) is 0 Å². The molecule has 2 unspecified atom stereocenters. The van der Waals surface area contributed by atoms with E-state index in [1.165, 1.54) is 13.2 Å². The van der Waals surface area contributed by atoms with Crippen molar-refractivity contribution < 1.29 is 33.9 Å². The van der Waals surface area contributed by atoms with Crippen molar-refractivity contribution in [3.05, 3.63) is 35.4 Å². The Labute approximate surface area is 136 Å². The van der Waals surface area contributed by atoms with Crippen LogP contribution in [0.15, 0.2) is 24.3 Å². The second kappa shape index (κ2) is 4.39. The van der Waals surface area contributed by atoms with Gasteiger partial charge in [0.2, 0.25) is 6.79 Å². The normalized spacial score (nSPS) is 25.2. The van der Waals surface area contributed by atoms with Crippen LogP contribution in [0.5, 0.6) is 34.5 Å². The molecule has 0 saturated carbocycles. The lowest BCUT2D eigenvalue weighted by molar-refractivity contribution is -0.0865. The molecule has 3 aliphatic heterocycles. The van der Waals surface area contributed by atoms with Crippen molar-refractivity contribution in [2.45, 2.75) is 11.7 Å². The lowest BCUT2D eigenvalue weighted by Gasteiger charge is -2.35. The Morgan fingerprint density at radius 1 is 1.04 bits per heavy atom. The summed E-state index contributed by atoms with van der Waals surface area (Å²) in [6.07, 6.45) is -0.673. The first-order chi connectivity index (χ1) is 11.6. The second-order valence-electron chi connectivity index (χ2n) is 5.97. The third kappa shape index (κ3) is 1.59. The maximum atomic E-state index is 11.2. The number of phenolic OH excluding ortho intramolecular Hbond substituents is 1. The molecule has 0 spiro atoms. The third-order valence-electron chi connectivity index (χ3n) is 4.66. The van der Waals surface area contributed by atoms with Gasteiger partial charge in [0.05, 0.1) is 7.11 Å². The summed E-state index contributed by atoms with van der Waals surface area (Å²) in [5, 5.41) is 21.1. The minimum atomic E-state index is -1.36. The van der Waals surface area contributed by atoms with Crippen LogP contribution in [0, 0.1) is 0 Å². The maximum Gasteiger partial charge on any atom is 0.231 e. The summed E-state index contributed by atoms with van der Waals surface area (Å²) in [7, 11) is 1.46. The van der Waals surface area contributed by atoms with Crippen LogP contribution in [-0.4, -0.2) is 30.7 Å². The van der Waals surface area contributed by atoms with Crippen LogP contribution in [0.2, 0.25) is 0 Å². The van der Waals surface area contributed by atoms with Gasteiger partial charge in [-0.2, -0.15) is 0 Å². The molecule has 2 atom stereocenters. The van der Waals surface area contributed by atoms with Gasteiger partial charge < -0.3 is 33.9 Å². The van der Waals surface area contributed by atoms with Crippen molar-refractivity contribution in [3.8, 4) is 34.5 Å². The van der Waals surface area contributed by atoms with E-state index in [0.29, 0.717) is 34.1 Å². The van der Waals surface area contributed by atoms with Gasteiger partial charge in [0.15, 0.2) is 34.7 Å². The number of aromatic hydroxyl groups is 1. The Morgan fingerprint density at radius 2 is 1.83 bits per heavy atom. The lowest BCUT2D eigenvalue weighted by Crippen LogP contribution is -2.41. The molecule has 0 radical (unpaired) electrons. The standard InChI is InChI=1S/C17H14O7/c1-20-13-2-8-11(4-10(13)18)21-6-17(19)9-3-14-15(23-7-22-14)5-12(9)24-16(8)17/h2-5,16,18-19H,6-7H2,1H3. The Hall–Kier alpha value is -2.80. The molecule has 0 amide bonds. The fraction of sp³-hybridized carbons (Fsp3) is 0.294. The summed E-state index contributed by atoms with van der Waals surface area (Å²) in [5.74, 6) is 2.39. The van der Waals surface area contributed by atoms with E-state index in [1.54, 1.807) is 18.2 Å². The van der Waals surface area contributed by atoms with Crippen molar-refractivity contribution in [2.75, 3.05) is 20.5 Å². The topological polar surface area (TPSA) is 86.6 Å². The predicted molar refractivity (Wildman–Crippen MR) is 80.0 cm³/mol. The zero-order valence-electron chi connectivity index (χ0n) is 12.7. The Bertz CT molecular complexity index is 863.